The molecule has 1 aromatic heterocycles. The molecule has 0 fully saturated rings. The summed E-state index contributed by atoms with van der Waals surface area (Å²) in [5.74, 6) is 0.336. The Balaban J connectivity index is 2.41. The smallest absolute Gasteiger partial charge is 0.129 e. The molecule has 106 valence electrons. The van der Waals surface area contributed by atoms with Crippen molar-refractivity contribution in [1.82, 2.24) is 15.3 Å². The minimum Gasteiger partial charge on any atom is -0.305 e. The van der Waals surface area contributed by atoms with Gasteiger partial charge in [-0.15, -0.1) is 0 Å². The van der Waals surface area contributed by atoms with Gasteiger partial charge in [-0.2, -0.15) is 0 Å². The van der Waals surface area contributed by atoms with E-state index in [4.69, 9.17) is 11.6 Å². The molecule has 1 aromatic carbocycles. The molecule has 0 spiro atoms. The molecule has 3 nitrogen and oxygen atoms in total. The zero-order valence-corrected chi connectivity index (χ0v) is 12.3. The molecule has 0 aliphatic rings. The third-order valence-electron chi connectivity index (χ3n) is 2.97. The fourth-order valence-electron chi connectivity index (χ4n) is 2.03. The van der Waals surface area contributed by atoms with Crippen LogP contribution >= 0.6 is 11.6 Å². The first kappa shape index (κ1) is 14.9. The molecule has 20 heavy (non-hydrogen) atoms. The molecule has 0 saturated carbocycles. The highest BCUT2D eigenvalue weighted by atomic mass is 35.5. The summed E-state index contributed by atoms with van der Waals surface area (Å²) in [7, 11) is 0. The van der Waals surface area contributed by atoms with Gasteiger partial charge in [-0.05, 0) is 38.1 Å². The third-order valence-corrected chi connectivity index (χ3v) is 3.20. The standard InChI is InChI=1S/C15H17ClFN3/c1-3-7-19-15(14-6-8-18-10(2)20-14)12-5-4-11(16)9-13(12)17/h4-6,8-9,15,19H,3,7H2,1-2H3. The Morgan fingerprint density at radius 2 is 2.15 bits per heavy atom. The molecule has 1 unspecified atom stereocenters. The molecule has 1 heterocycles. The molecule has 0 bridgehead atoms. The van der Waals surface area contributed by atoms with Crippen LogP contribution in [0, 0.1) is 12.7 Å². The van der Waals surface area contributed by atoms with Crippen LogP contribution in [0.3, 0.4) is 0 Å². The van der Waals surface area contributed by atoms with Gasteiger partial charge in [0, 0.05) is 16.8 Å². The van der Waals surface area contributed by atoms with Crippen molar-refractivity contribution in [2.24, 2.45) is 0 Å². The van der Waals surface area contributed by atoms with E-state index >= 15 is 0 Å². The van der Waals surface area contributed by atoms with Crippen LogP contribution in [0.2, 0.25) is 5.02 Å². The van der Waals surface area contributed by atoms with Crippen molar-refractivity contribution < 1.29 is 4.39 Å². The number of halogens is 2. The molecule has 0 saturated heterocycles. The maximum absolute atomic E-state index is 14.1. The van der Waals surface area contributed by atoms with E-state index in [-0.39, 0.29) is 11.9 Å². The van der Waals surface area contributed by atoms with Gasteiger partial charge < -0.3 is 5.32 Å². The summed E-state index contributed by atoms with van der Waals surface area (Å²) in [6.45, 7) is 4.65. The molecule has 0 amide bonds. The van der Waals surface area contributed by atoms with Crippen molar-refractivity contribution in [2.75, 3.05) is 6.54 Å². The van der Waals surface area contributed by atoms with Crippen LogP contribution in [0.1, 0.15) is 36.5 Å². The Kier molecular flexibility index (Phi) is 5.04. The summed E-state index contributed by atoms with van der Waals surface area (Å²) in [5, 5.41) is 3.70. The van der Waals surface area contributed by atoms with Crippen molar-refractivity contribution in [3.8, 4) is 0 Å². The minimum absolute atomic E-state index is 0.297. The second-order valence-corrected chi connectivity index (χ2v) is 5.02. The predicted octanol–water partition coefficient (Wildman–Crippen LogP) is 3.67. The molecule has 0 radical (unpaired) electrons. The van der Waals surface area contributed by atoms with E-state index in [0.29, 0.717) is 16.4 Å². The summed E-state index contributed by atoms with van der Waals surface area (Å²) in [6, 6.07) is 6.21. The summed E-state index contributed by atoms with van der Waals surface area (Å²) in [4.78, 5) is 8.47. The second kappa shape index (κ2) is 6.77. The quantitative estimate of drug-likeness (QED) is 0.914. The Bertz CT molecular complexity index is 589. The molecule has 1 atom stereocenters. The van der Waals surface area contributed by atoms with Gasteiger partial charge in [-0.1, -0.05) is 24.6 Å². The van der Waals surface area contributed by atoms with Crippen LogP contribution in [-0.4, -0.2) is 16.5 Å². The maximum Gasteiger partial charge on any atom is 0.129 e. The van der Waals surface area contributed by atoms with Crippen molar-refractivity contribution in [1.29, 1.82) is 0 Å². The number of hydrogen-bond donors (Lipinski definition) is 1. The van der Waals surface area contributed by atoms with E-state index in [0.717, 1.165) is 18.7 Å². The topological polar surface area (TPSA) is 37.8 Å². The summed E-state index contributed by atoms with van der Waals surface area (Å²) >= 11 is 5.81. The van der Waals surface area contributed by atoms with E-state index in [1.54, 1.807) is 24.4 Å². The van der Waals surface area contributed by atoms with E-state index in [1.807, 2.05) is 6.92 Å². The maximum atomic E-state index is 14.1. The van der Waals surface area contributed by atoms with Crippen LogP contribution in [0.15, 0.2) is 30.5 Å². The van der Waals surface area contributed by atoms with Crippen molar-refractivity contribution in [2.45, 2.75) is 26.3 Å². The van der Waals surface area contributed by atoms with Crippen LogP contribution in [0.5, 0.6) is 0 Å². The van der Waals surface area contributed by atoms with E-state index in [1.165, 1.54) is 6.07 Å². The lowest BCUT2D eigenvalue weighted by molar-refractivity contribution is 0.538. The van der Waals surface area contributed by atoms with Crippen molar-refractivity contribution in [3.05, 3.63) is 58.4 Å². The highest BCUT2D eigenvalue weighted by molar-refractivity contribution is 6.30. The summed E-state index contributed by atoms with van der Waals surface area (Å²) < 4.78 is 14.1. The number of hydrogen-bond acceptors (Lipinski definition) is 3. The van der Waals surface area contributed by atoms with Gasteiger partial charge in [0.05, 0.1) is 11.7 Å². The molecule has 0 aliphatic carbocycles. The average Bonchev–Trinajstić information content (AvgIpc) is 2.41. The highest BCUT2D eigenvalue weighted by Gasteiger charge is 2.19. The normalized spacial score (nSPS) is 12.4. The third kappa shape index (κ3) is 3.52. The number of aryl methyl sites for hydroxylation is 1. The van der Waals surface area contributed by atoms with E-state index in [2.05, 4.69) is 22.2 Å². The van der Waals surface area contributed by atoms with Crippen LogP contribution < -0.4 is 5.32 Å². The Hall–Kier alpha value is -1.52. The van der Waals surface area contributed by atoms with Gasteiger partial charge in [0.15, 0.2) is 0 Å². The Labute approximate surface area is 123 Å². The fourth-order valence-corrected chi connectivity index (χ4v) is 2.19. The zero-order chi connectivity index (χ0) is 14.5. The van der Waals surface area contributed by atoms with Crippen molar-refractivity contribution in [3.63, 3.8) is 0 Å². The van der Waals surface area contributed by atoms with Gasteiger partial charge in [0.1, 0.15) is 11.6 Å². The monoisotopic (exact) mass is 293 g/mol. The van der Waals surface area contributed by atoms with Crippen LogP contribution in [-0.2, 0) is 0 Å². The molecule has 0 aliphatic heterocycles. The zero-order valence-electron chi connectivity index (χ0n) is 11.5. The molecule has 1 N–H and O–H groups in total. The average molecular weight is 294 g/mol. The van der Waals surface area contributed by atoms with E-state index < -0.39 is 0 Å². The predicted molar refractivity (Wildman–Crippen MR) is 78.3 cm³/mol. The molecule has 2 aromatic rings. The summed E-state index contributed by atoms with van der Waals surface area (Å²) in [6.07, 6.45) is 2.64. The van der Waals surface area contributed by atoms with Crippen LogP contribution in [0.4, 0.5) is 4.39 Å². The van der Waals surface area contributed by atoms with E-state index in [9.17, 15) is 4.39 Å². The molecule has 2 rings (SSSR count). The highest BCUT2D eigenvalue weighted by Crippen LogP contribution is 2.25. The number of nitrogens with zero attached hydrogens (tertiary/aromatic N) is 2. The van der Waals surface area contributed by atoms with Crippen LogP contribution in [0.25, 0.3) is 0 Å². The van der Waals surface area contributed by atoms with Gasteiger partial charge in [-0.3, -0.25) is 0 Å². The number of aromatic nitrogens is 2. The Morgan fingerprint density at radius 1 is 1.35 bits per heavy atom. The lowest BCUT2D eigenvalue weighted by atomic mass is 10.0. The Morgan fingerprint density at radius 3 is 2.80 bits per heavy atom. The summed E-state index contributed by atoms with van der Waals surface area (Å²) in [5.41, 5.74) is 1.30. The molecule has 5 heteroatoms. The van der Waals surface area contributed by atoms with Gasteiger partial charge >= 0.3 is 0 Å². The van der Waals surface area contributed by atoms with Gasteiger partial charge in [0.25, 0.3) is 0 Å². The number of nitrogens with one attached hydrogen (secondary N) is 1. The van der Waals surface area contributed by atoms with Gasteiger partial charge in [-0.25, -0.2) is 14.4 Å². The number of rotatable bonds is 5. The second-order valence-electron chi connectivity index (χ2n) is 4.58. The van der Waals surface area contributed by atoms with Crippen molar-refractivity contribution >= 4 is 11.6 Å². The fraction of sp³-hybridized carbons (Fsp3) is 0.333. The number of benzene rings is 1. The lowest BCUT2D eigenvalue weighted by Gasteiger charge is -2.19. The molecular formula is C15H17ClFN3. The SMILES string of the molecule is CCCNC(c1ccnc(C)n1)c1ccc(Cl)cc1F. The first-order valence-corrected chi connectivity index (χ1v) is 6.97. The first-order chi connectivity index (χ1) is 9.61. The largest absolute Gasteiger partial charge is 0.305 e. The molecular weight excluding hydrogens is 277 g/mol. The minimum atomic E-state index is -0.331. The lowest BCUT2D eigenvalue weighted by Crippen LogP contribution is -2.25. The van der Waals surface area contributed by atoms with Gasteiger partial charge in [0.2, 0.25) is 0 Å². The first-order valence-electron chi connectivity index (χ1n) is 6.59.